The highest BCUT2D eigenvalue weighted by atomic mass is 16.5. The second-order valence-electron chi connectivity index (χ2n) is 5.25. The van der Waals surface area contributed by atoms with Gasteiger partial charge in [-0.2, -0.15) is 0 Å². The third kappa shape index (κ3) is 3.95. The third-order valence-electron chi connectivity index (χ3n) is 3.79. The Hall–Kier alpha value is -1.59. The molecular formula is C16H24N2O3. The minimum atomic E-state index is -0.492. The molecular weight excluding hydrogens is 268 g/mol. The largest absolute Gasteiger partial charge is 0.481 e. The molecule has 1 N–H and O–H groups in total. The number of morpholine rings is 1. The van der Waals surface area contributed by atoms with Crippen molar-refractivity contribution in [3.05, 3.63) is 29.8 Å². The van der Waals surface area contributed by atoms with Gasteiger partial charge in [-0.15, -0.1) is 0 Å². The van der Waals surface area contributed by atoms with E-state index in [2.05, 4.69) is 12.2 Å². The van der Waals surface area contributed by atoms with Gasteiger partial charge in [0.05, 0.1) is 13.2 Å². The number of rotatable bonds is 5. The summed E-state index contributed by atoms with van der Waals surface area (Å²) in [7, 11) is 1.91. The van der Waals surface area contributed by atoms with E-state index in [-0.39, 0.29) is 11.9 Å². The first kappa shape index (κ1) is 15.8. The summed E-state index contributed by atoms with van der Waals surface area (Å²) in [5.41, 5.74) is 1.06. The molecule has 0 aromatic heterocycles. The zero-order valence-corrected chi connectivity index (χ0v) is 13.0. The maximum Gasteiger partial charge on any atom is 0.263 e. The highest BCUT2D eigenvalue weighted by Gasteiger charge is 2.24. The Morgan fingerprint density at radius 1 is 1.29 bits per heavy atom. The molecule has 1 amide bonds. The van der Waals surface area contributed by atoms with Gasteiger partial charge in [0.2, 0.25) is 0 Å². The van der Waals surface area contributed by atoms with Crippen molar-refractivity contribution in [3.8, 4) is 5.75 Å². The molecule has 0 saturated carbocycles. The van der Waals surface area contributed by atoms with E-state index in [9.17, 15) is 4.79 Å². The minimum Gasteiger partial charge on any atom is -0.481 e. The van der Waals surface area contributed by atoms with Crippen LogP contribution in [-0.4, -0.2) is 50.3 Å². The van der Waals surface area contributed by atoms with Gasteiger partial charge in [-0.3, -0.25) is 4.79 Å². The number of carbonyl (C=O) groups is 1. The average molecular weight is 292 g/mol. The minimum absolute atomic E-state index is 0.0187. The first-order chi connectivity index (χ1) is 10.1. The number of carbonyl (C=O) groups excluding carboxylic acids is 1. The van der Waals surface area contributed by atoms with E-state index >= 15 is 0 Å². The Balaban J connectivity index is 2.05. The summed E-state index contributed by atoms with van der Waals surface area (Å²) in [6.45, 7) is 6.36. The molecule has 0 radical (unpaired) electrons. The molecule has 116 valence electrons. The Bertz CT molecular complexity index is 472. The number of nitrogens with zero attached hydrogens (tertiary/aromatic N) is 1. The molecule has 0 bridgehead atoms. The maximum absolute atomic E-state index is 12.4. The van der Waals surface area contributed by atoms with Gasteiger partial charge in [0.25, 0.3) is 5.91 Å². The van der Waals surface area contributed by atoms with Crippen LogP contribution in [0.5, 0.6) is 5.75 Å². The highest BCUT2D eigenvalue weighted by Crippen LogP contribution is 2.25. The number of amides is 1. The fraction of sp³-hybridized carbons (Fsp3) is 0.562. The molecule has 1 aliphatic heterocycles. The molecule has 2 rings (SSSR count). The van der Waals surface area contributed by atoms with Gasteiger partial charge in [0.1, 0.15) is 5.75 Å². The van der Waals surface area contributed by atoms with E-state index in [1.807, 2.05) is 31.3 Å². The summed E-state index contributed by atoms with van der Waals surface area (Å²) in [4.78, 5) is 14.2. The van der Waals surface area contributed by atoms with Gasteiger partial charge in [0, 0.05) is 24.7 Å². The van der Waals surface area contributed by atoms with Crippen LogP contribution in [0.4, 0.5) is 0 Å². The van der Waals surface area contributed by atoms with E-state index in [0.717, 1.165) is 11.3 Å². The fourth-order valence-corrected chi connectivity index (χ4v) is 2.38. The molecule has 1 saturated heterocycles. The monoisotopic (exact) mass is 292 g/mol. The summed E-state index contributed by atoms with van der Waals surface area (Å²) >= 11 is 0. The van der Waals surface area contributed by atoms with Crippen LogP contribution >= 0.6 is 0 Å². The van der Waals surface area contributed by atoms with Crippen molar-refractivity contribution in [2.45, 2.75) is 26.0 Å². The SMILES string of the molecule is CNC(C)c1ccccc1OC(C)C(=O)N1CCOCC1. The van der Waals surface area contributed by atoms with Gasteiger partial charge in [0.15, 0.2) is 6.10 Å². The Morgan fingerprint density at radius 3 is 2.62 bits per heavy atom. The Morgan fingerprint density at radius 2 is 1.95 bits per heavy atom. The molecule has 1 fully saturated rings. The molecule has 2 unspecified atom stereocenters. The summed E-state index contributed by atoms with van der Waals surface area (Å²) < 4.78 is 11.2. The van der Waals surface area contributed by atoms with Gasteiger partial charge < -0.3 is 19.7 Å². The first-order valence-corrected chi connectivity index (χ1v) is 7.43. The van der Waals surface area contributed by atoms with E-state index in [1.54, 1.807) is 11.8 Å². The predicted octanol–water partition coefficient (Wildman–Crippen LogP) is 1.59. The van der Waals surface area contributed by atoms with Crippen molar-refractivity contribution in [2.24, 2.45) is 0 Å². The topological polar surface area (TPSA) is 50.8 Å². The van der Waals surface area contributed by atoms with Crippen molar-refractivity contribution in [3.63, 3.8) is 0 Å². The van der Waals surface area contributed by atoms with Gasteiger partial charge in [-0.1, -0.05) is 18.2 Å². The number of ether oxygens (including phenoxy) is 2. The molecule has 1 aromatic carbocycles. The molecule has 1 aliphatic rings. The Labute approximate surface area is 126 Å². The van der Waals surface area contributed by atoms with Crippen LogP contribution in [-0.2, 0) is 9.53 Å². The van der Waals surface area contributed by atoms with Crippen molar-refractivity contribution in [1.29, 1.82) is 0 Å². The lowest BCUT2D eigenvalue weighted by atomic mass is 10.1. The highest BCUT2D eigenvalue weighted by molar-refractivity contribution is 5.81. The zero-order valence-electron chi connectivity index (χ0n) is 13.0. The van der Waals surface area contributed by atoms with E-state index < -0.39 is 6.10 Å². The summed E-state index contributed by atoms with van der Waals surface area (Å²) in [6.07, 6.45) is -0.492. The molecule has 1 aromatic rings. The van der Waals surface area contributed by atoms with Crippen LogP contribution in [0.3, 0.4) is 0 Å². The van der Waals surface area contributed by atoms with Crippen LogP contribution in [0.2, 0.25) is 0 Å². The summed E-state index contributed by atoms with van der Waals surface area (Å²) in [6, 6.07) is 8.00. The molecule has 5 nitrogen and oxygen atoms in total. The fourth-order valence-electron chi connectivity index (χ4n) is 2.38. The van der Waals surface area contributed by atoms with Crippen LogP contribution in [0.15, 0.2) is 24.3 Å². The lowest BCUT2D eigenvalue weighted by molar-refractivity contribution is -0.142. The predicted molar refractivity (Wildman–Crippen MR) is 81.4 cm³/mol. The zero-order chi connectivity index (χ0) is 15.2. The quantitative estimate of drug-likeness (QED) is 0.895. The summed E-state index contributed by atoms with van der Waals surface area (Å²) in [5.74, 6) is 0.777. The smallest absolute Gasteiger partial charge is 0.263 e. The van der Waals surface area contributed by atoms with Crippen molar-refractivity contribution in [2.75, 3.05) is 33.4 Å². The lowest BCUT2D eigenvalue weighted by Gasteiger charge is -2.29. The summed E-state index contributed by atoms with van der Waals surface area (Å²) in [5, 5.41) is 3.20. The van der Waals surface area contributed by atoms with Crippen LogP contribution in [0, 0.1) is 0 Å². The molecule has 0 spiro atoms. The van der Waals surface area contributed by atoms with E-state index in [4.69, 9.17) is 9.47 Å². The van der Waals surface area contributed by atoms with Crippen molar-refractivity contribution < 1.29 is 14.3 Å². The maximum atomic E-state index is 12.4. The van der Waals surface area contributed by atoms with Gasteiger partial charge >= 0.3 is 0 Å². The number of hydrogen-bond donors (Lipinski definition) is 1. The number of benzene rings is 1. The second kappa shape index (κ2) is 7.43. The van der Waals surface area contributed by atoms with Gasteiger partial charge in [-0.25, -0.2) is 0 Å². The van der Waals surface area contributed by atoms with Gasteiger partial charge in [-0.05, 0) is 27.0 Å². The normalized spacial score (nSPS) is 18.1. The van der Waals surface area contributed by atoms with Crippen LogP contribution in [0.1, 0.15) is 25.5 Å². The van der Waals surface area contributed by atoms with Crippen molar-refractivity contribution >= 4 is 5.91 Å². The standard InChI is InChI=1S/C16H24N2O3/c1-12(17-3)14-6-4-5-7-15(14)21-13(2)16(19)18-8-10-20-11-9-18/h4-7,12-13,17H,8-11H2,1-3H3. The molecule has 0 aliphatic carbocycles. The lowest BCUT2D eigenvalue weighted by Crippen LogP contribution is -2.46. The number of para-hydroxylation sites is 1. The number of nitrogens with one attached hydrogen (secondary N) is 1. The van der Waals surface area contributed by atoms with E-state index in [0.29, 0.717) is 26.3 Å². The van der Waals surface area contributed by atoms with Crippen LogP contribution in [0.25, 0.3) is 0 Å². The Kier molecular flexibility index (Phi) is 5.59. The number of hydrogen-bond acceptors (Lipinski definition) is 4. The third-order valence-corrected chi connectivity index (χ3v) is 3.79. The van der Waals surface area contributed by atoms with Crippen molar-refractivity contribution in [1.82, 2.24) is 10.2 Å². The van der Waals surface area contributed by atoms with Crippen LogP contribution < -0.4 is 10.1 Å². The van der Waals surface area contributed by atoms with E-state index in [1.165, 1.54) is 0 Å². The first-order valence-electron chi connectivity index (χ1n) is 7.43. The second-order valence-corrected chi connectivity index (χ2v) is 5.25. The molecule has 21 heavy (non-hydrogen) atoms. The average Bonchev–Trinajstić information content (AvgIpc) is 2.54. The molecule has 2 atom stereocenters. The molecule has 1 heterocycles. The molecule has 5 heteroatoms.